The lowest BCUT2D eigenvalue weighted by atomic mass is 10.1. The van der Waals surface area contributed by atoms with Crippen molar-refractivity contribution < 1.29 is 0 Å². The molecular weight excluding hydrogens is 715 g/mol. The molecule has 3 nitrogen and oxygen atoms in total. The maximum atomic E-state index is 2.39. The van der Waals surface area contributed by atoms with Gasteiger partial charge in [0.1, 0.15) is 0 Å². The third-order valence-corrected chi connectivity index (χ3v) is 11.4. The van der Waals surface area contributed by atoms with Crippen LogP contribution in [0.1, 0.15) is 87.1 Å². The molecule has 0 unspecified atom stereocenters. The van der Waals surface area contributed by atoms with Gasteiger partial charge in [0.2, 0.25) is 0 Å². The molecular formula is C56H61N3. The lowest BCUT2D eigenvalue weighted by molar-refractivity contribution is 0.795. The molecule has 300 valence electrons. The lowest BCUT2D eigenvalue weighted by Gasteiger charge is -2.29. The second kappa shape index (κ2) is 20.1. The van der Waals surface area contributed by atoms with E-state index in [1.54, 1.807) is 0 Å². The molecule has 0 N–H and O–H groups in total. The smallest absolute Gasteiger partial charge is 0.0463 e. The van der Waals surface area contributed by atoms with Crippen molar-refractivity contribution in [2.75, 3.05) is 14.7 Å². The summed E-state index contributed by atoms with van der Waals surface area (Å²) in [5, 5.41) is 0. The highest BCUT2D eigenvalue weighted by molar-refractivity contribution is 5.83. The van der Waals surface area contributed by atoms with E-state index in [4.69, 9.17) is 0 Å². The Kier molecular flexibility index (Phi) is 14.0. The Morgan fingerprint density at radius 2 is 0.424 bits per heavy atom. The Labute approximate surface area is 354 Å². The minimum absolute atomic E-state index is 1.10. The number of unbranched alkanes of at least 4 members (excludes halogenated alkanes) is 3. The second-order valence-corrected chi connectivity index (χ2v) is 16.0. The standard InChI is InChI=1S/C56H61N3/c1-6-9-12-45-19-29-50(30-20-45)57(48-25-15-43(4)16-26-48)53-35-37-54(38-36-53)58(49-27-17-44(5)18-28-49)55-39-41-56(42-40-55)59(51-31-21-46(22-32-51)13-10-7-2)52-33-23-47(24-34-52)14-11-8-3/h15-42H,6-14H2,1-5H3. The Morgan fingerprint density at radius 1 is 0.254 bits per heavy atom. The first-order valence-electron chi connectivity index (χ1n) is 21.9. The molecule has 7 aromatic carbocycles. The quantitative estimate of drug-likeness (QED) is 0.0859. The van der Waals surface area contributed by atoms with Crippen LogP contribution < -0.4 is 14.7 Å². The van der Waals surface area contributed by atoms with Gasteiger partial charge in [0, 0.05) is 51.2 Å². The van der Waals surface area contributed by atoms with Crippen LogP contribution in [0, 0.1) is 13.8 Å². The first kappa shape index (κ1) is 41.1. The summed E-state index contributed by atoms with van der Waals surface area (Å²) in [6.45, 7) is 11.1. The number of nitrogens with zero attached hydrogens (tertiary/aromatic N) is 3. The first-order valence-corrected chi connectivity index (χ1v) is 21.9. The van der Waals surface area contributed by atoms with E-state index in [9.17, 15) is 0 Å². The van der Waals surface area contributed by atoms with E-state index in [-0.39, 0.29) is 0 Å². The molecule has 0 radical (unpaired) electrons. The molecule has 7 rings (SSSR count). The van der Waals surface area contributed by atoms with Crippen LogP contribution in [0.4, 0.5) is 51.2 Å². The van der Waals surface area contributed by atoms with Crippen molar-refractivity contribution in [1.82, 2.24) is 0 Å². The molecule has 7 aromatic rings. The van der Waals surface area contributed by atoms with Gasteiger partial charge in [-0.15, -0.1) is 0 Å². The molecule has 0 heterocycles. The average Bonchev–Trinajstić information content (AvgIpc) is 3.28. The highest BCUT2D eigenvalue weighted by atomic mass is 15.2. The van der Waals surface area contributed by atoms with Crippen LogP contribution >= 0.6 is 0 Å². The molecule has 59 heavy (non-hydrogen) atoms. The van der Waals surface area contributed by atoms with E-state index >= 15 is 0 Å². The van der Waals surface area contributed by atoms with Crippen molar-refractivity contribution in [2.45, 2.75) is 92.4 Å². The van der Waals surface area contributed by atoms with Crippen LogP contribution in [0.2, 0.25) is 0 Å². The summed E-state index contributed by atoms with van der Waals surface area (Å²) in [5.41, 5.74) is 16.9. The maximum absolute atomic E-state index is 2.39. The van der Waals surface area contributed by atoms with Crippen LogP contribution in [-0.2, 0) is 19.3 Å². The molecule has 0 aromatic heterocycles. The number of anilines is 9. The Bertz CT molecular complexity index is 2260. The molecule has 3 heteroatoms. The van der Waals surface area contributed by atoms with Gasteiger partial charge in [0.05, 0.1) is 0 Å². The molecule has 0 saturated heterocycles. The number of aryl methyl sites for hydroxylation is 5. The number of hydrogen-bond donors (Lipinski definition) is 0. The predicted molar refractivity (Wildman–Crippen MR) is 256 cm³/mol. The predicted octanol–water partition coefficient (Wildman–Crippen LogP) is 16.7. The van der Waals surface area contributed by atoms with Crippen molar-refractivity contribution in [2.24, 2.45) is 0 Å². The largest absolute Gasteiger partial charge is 0.311 e. The van der Waals surface area contributed by atoms with E-state index in [2.05, 4.69) is 219 Å². The van der Waals surface area contributed by atoms with Gasteiger partial charge < -0.3 is 14.7 Å². The number of hydrogen-bond acceptors (Lipinski definition) is 3. The first-order chi connectivity index (χ1) is 28.9. The summed E-state index contributed by atoms with van der Waals surface area (Å²) >= 11 is 0. The Balaban J connectivity index is 1.24. The summed E-state index contributed by atoms with van der Waals surface area (Å²) in [6, 6.07) is 63.2. The Morgan fingerprint density at radius 3 is 0.610 bits per heavy atom. The van der Waals surface area contributed by atoms with Gasteiger partial charge in [-0.05, 0) is 178 Å². The molecule has 0 aliphatic rings. The van der Waals surface area contributed by atoms with Crippen LogP contribution in [0.5, 0.6) is 0 Å². The lowest BCUT2D eigenvalue weighted by Crippen LogP contribution is -2.13. The van der Waals surface area contributed by atoms with Gasteiger partial charge >= 0.3 is 0 Å². The number of rotatable bonds is 18. The SMILES string of the molecule is CCCCc1ccc(N(c2ccc(C)cc2)c2ccc(N(c3ccc(C)cc3)c3ccc(N(c4ccc(CCCC)cc4)c4ccc(CCCC)cc4)cc3)cc2)cc1. The van der Waals surface area contributed by atoms with E-state index in [1.165, 1.54) is 77.7 Å². The molecule has 0 aliphatic carbocycles. The minimum Gasteiger partial charge on any atom is -0.311 e. The molecule has 0 amide bonds. The molecule has 0 fully saturated rings. The zero-order valence-electron chi connectivity index (χ0n) is 35.9. The van der Waals surface area contributed by atoms with E-state index in [0.29, 0.717) is 0 Å². The summed E-state index contributed by atoms with van der Waals surface area (Å²) < 4.78 is 0. The van der Waals surface area contributed by atoms with E-state index in [0.717, 1.165) is 59.1 Å². The summed E-state index contributed by atoms with van der Waals surface area (Å²) in [6.07, 6.45) is 10.6. The van der Waals surface area contributed by atoms with Crippen LogP contribution in [0.3, 0.4) is 0 Å². The van der Waals surface area contributed by atoms with E-state index < -0.39 is 0 Å². The van der Waals surface area contributed by atoms with Gasteiger partial charge in [-0.1, -0.05) is 112 Å². The van der Waals surface area contributed by atoms with Crippen LogP contribution in [-0.4, -0.2) is 0 Å². The van der Waals surface area contributed by atoms with Gasteiger partial charge in [-0.25, -0.2) is 0 Å². The van der Waals surface area contributed by atoms with Crippen LogP contribution in [0.15, 0.2) is 170 Å². The Hall–Kier alpha value is -6.06. The molecule has 0 aliphatic heterocycles. The van der Waals surface area contributed by atoms with Gasteiger partial charge in [-0.3, -0.25) is 0 Å². The van der Waals surface area contributed by atoms with Crippen molar-refractivity contribution >= 4 is 51.2 Å². The molecule has 0 spiro atoms. The summed E-state index contributed by atoms with van der Waals surface area (Å²) in [5.74, 6) is 0. The maximum Gasteiger partial charge on any atom is 0.0463 e. The highest BCUT2D eigenvalue weighted by Crippen LogP contribution is 2.41. The van der Waals surface area contributed by atoms with Crippen LogP contribution in [0.25, 0.3) is 0 Å². The van der Waals surface area contributed by atoms with Crippen molar-refractivity contribution in [3.8, 4) is 0 Å². The molecule has 0 saturated carbocycles. The fraction of sp³-hybridized carbons (Fsp3) is 0.250. The van der Waals surface area contributed by atoms with Gasteiger partial charge in [-0.2, -0.15) is 0 Å². The normalized spacial score (nSPS) is 11.1. The summed E-state index contributed by atoms with van der Waals surface area (Å²) in [4.78, 5) is 7.11. The third kappa shape index (κ3) is 10.3. The number of benzene rings is 7. The van der Waals surface area contributed by atoms with Gasteiger partial charge in [0.15, 0.2) is 0 Å². The van der Waals surface area contributed by atoms with Crippen molar-refractivity contribution in [3.63, 3.8) is 0 Å². The van der Waals surface area contributed by atoms with Gasteiger partial charge in [0.25, 0.3) is 0 Å². The monoisotopic (exact) mass is 775 g/mol. The van der Waals surface area contributed by atoms with E-state index in [1.807, 2.05) is 0 Å². The summed E-state index contributed by atoms with van der Waals surface area (Å²) in [7, 11) is 0. The fourth-order valence-corrected chi connectivity index (χ4v) is 7.81. The average molecular weight is 776 g/mol. The molecule has 0 atom stereocenters. The molecule has 0 bridgehead atoms. The highest BCUT2D eigenvalue weighted by Gasteiger charge is 2.18. The van der Waals surface area contributed by atoms with Crippen molar-refractivity contribution in [1.29, 1.82) is 0 Å². The zero-order chi connectivity index (χ0) is 41.0. The topological polar surface area (TPSA) is 9.72 Å². The second-order valence-electron chi connectivity index (χ2n) is 16.0. The van der Waals surface area contributed by atoms with Crippen molar-refractivity contribution in [3.05, 3.63) is 198 Å². The minimum atomic E-state index is 1.10. The third-order valence-electron chi connectivity index (χ3n) is 11.4. The fourth-order valence-electron chi connectivity index (χ4n) is 7.81. The zero-order valence-corrected chi connectivity index (χ0v) is 35.9.